The second-order valence-corrected chi connectivity index (χ2v) is 7.97. The number of non-ortho nitro benzene ring substituents is 1. The van der Waals surface area contributed by atoms with Gasteiger partial charge in [-0.3, -0.25) is 19.5 Å². The number of hydrogen-bond donors (Lipinski definition) is 0. The van der Waals surface area contributed by atoms with Crippen molar-refractivity contribution >= 4 is 40.3 Å². The molecule has 5 rings (SSSR count). The highest BCUT2D eigenvalue weighted by Gasteiger charge is 2.13. The second-order valence-electron chi connectivity index (χ2n) is 7.57. The Kier molecular flexibility index (Phi) is 5.72. The van der Waals surface area contributed by atoms with Crippen molar-refractivity contribution in [3.05, 3.63) is 122 Å². The standard InChI is InChI=1S/C26H15ClFN3O4/c27-21-15-18(9-12-22(21)28)30-25(29-23-4-2-1-3-20(23)26(30)32)14-11-19-10-13-24(35-19)16-5-7-17(8-6-16)31(33)34/h1-15H/b14-11+. The summed E-state index contributed by atoms with van der Waals surface area (Å²) in [6, 6.07) is 20.4. The lowest BCUT2D eigenvalue weighted by Crippen LogP contribution is -2.22. The molecule has 0 radical (unpaired) electrons. The Bertz CT molecular complexity index is 1670. The molecule has 0 fully saturated rings. The van der Waals surface area contributed by atoms with E-state index in [4.69, 9.17) is 16.0 Å². The Balaban J connectivity index is 1.56. The summed E-state index contributed by atoms with van der Waals surface area (Å²) < 4.78 is 20.9. The minimum absolute atomic E-state index is 0.0123. The predicted octanol–water partition coefficient (Wildman–Crippen LogP) is 6.52. The van der Waals surface area contributed by atoms with E-state index < -0.39 is 10.7 Å². The number of nitro groups is 1. The minimum atomic E-state index is -0.594. The van der Waals surface area contributed by atoms with E-state index in [9.17, 15) is 19.3 Å². The topological polar surface area (TPSA) is 91.2 Å². The Morgan fingerprint density at radius 2 is 1.77 bits per heavy atom. The van der Waals surface area contributed by atoms with Gasteiger partial charge in [0.05, 0.1) is 26.5 Å². The van der Waals surface area contributed by atoms with E-state index >= 15 is 0 Å². The van der Waals surface area contributed by atoms with Crippen LogP contribution in [0.15, 0.2) is 88.1 Å². The zero-order valence-electron chi connectivity index (χ0n) is 17.9. The Morgan fingerprint density at radius 3 is 2.51 bits per heavy atom. The summed E-state index contributed by atoms with van der Waals surface area (Å²) in [5, 5.41) is 11.2. The molecule has 7 nitrogen and oxygen atoms in total. The number of aromatic nitrogens is 2. The number of fused-ring (bicyclic) bond motifs is 1. The molecule has 0 atom stereocenters. The summed E-state index contributed by atoms with van der Waals surface area (Å²) in [4.78, 5) is 28.3. The Labute approximate surface area is 202 Å². The first-order chi connectivity index (χ1) is 16.9. The molecule has 9 heteroatoms. The second kappa shape index (κ2) is 9.00. The first-order valence-electron chi connectivity index (χ1n) is 10.4. The van der Waals surface area contributed by atoms with Gasteiger partial charge < -0.3 is 4.42 Å². The van der Waals surface area contributed by atoms with Gasteiger partial charge >= 0.3 is 0 Å². The number of hydrogen-bond acceptors (Lipinski definition) is 5. The molecule has 2 heterocycles. The molecule has 0 amide bonds. The van der Waals surface area contributed by atoms with Crippen molar-refractivity contribution in [2.45, 2.75) is 0 Å². The molecule has 0 bridgehead atoms. The van der Waals surface area contributed by atoms with Gasteiger partial charge in [0, 0.05) is 17.7 Å². The number of halogens is 2. The quantitative estimate of drug-likeness (QED) is 0.208. The van der Waals surface area contributed by atoms with Crippen LogP contribution in [0.4, 0.5) is 10.1 Å². The van der Waals surface area contributed by atoms with Crippen LogP contribution < -0.4 is 5.56 Å². The van der Waals surface area contributed by atoms with Crippen LogP contribution in [0.1, 0.15) is 11.6 Å². The van der Waals surface area contributed by atoms with Gasteiger partial charge in [0.2, 0.25) is 0 Å². The fraction of sp³-hybridized carbons (Fsp3) is 0. The van der Waals surface area contributed by atoms with E-state index in [1.165, 1.54) is 34.9 Å². The van der Waals surface area contributed by atoms with E-state index in [2.05, 4.69) is 4.98 Å². The molecule has 3 aromatic carbocycles. The summed E-state index contributed by atoms with van der Waals surface area (Å²) in [6.07, 6.45) is 3.26. The summed E-state index contributed by atoms with van der Waals surface area (Å²) in [5.74, 6) is 0.700. The van der Waals surface area contributed by atoms with Crippen molar-refractivity contribution < 1.29 is 13.7 Å². The summed E-state index contributed by atoms with van der Waals surface area (Å²) in [5.41, 5.74) is 1.21. The highest BCUT2D eigenvalue weighted by molar-refractivity contribution is 6.30. The summed E-state index contributed by atoms with van der Waals surface area (Å²) in [6.45, 7) is 0. The van der Waals surface area contributed by atoms with Crippen LogP contribution in [0, 0.1) is 15.9 Å². The Hall–Kier alpha value is -4.56. The molecular weight excluding hydrogens is 473 g/mol. The minimum Gasteiger partial charge on any atom is -0.457 e. The number of nitro benzene ring substituents is 1. The van der Waals surface area contributed by atoms with Gasteiger partial charge in [0.1, 0.15) is 23.2 Å². The maximum atomic E-state index is 13.7. The molecule has 172 valence electrons. The van der Waals surface area contributed by atoms with Crippen LogP contribution in [-0.4, -0.2) is 14.5 Å². The van der Waals surface area contributed by atoms with Crippen LogP contribution in [-0.2, 0) is 0 Å². The number of rotatable bonds is 5. The maximum absolute atomic E-state index is 13.7. The molecule has 0 unspecified atom stereocenters. The SMILES string of the molecule is O=c1c2ccccc2nc(/C=C/c2ccc(-c3ccc([N+](=O)[O-])cc3)o2)n1-c1ccc(F)c(Cl)c1. The van der Waals surface area contributed by atoms with E-state index in [1.807, 2.05) is 0 Å². The first-order valence-corrected chi connectivity index (χ1v) is 10.8. The van der Waals surface area contributed by atoms with Crippen molar-refractivity contribution in [2.75, 3.05) is 0 Å². The highest BCUT2D eigenvalue weighted by Crippen LogP contribution is 2.26. The number of benzene rings is 3. The lowest BCUT2D eigenvalue weighted by Gasteiger charge is -2.12. The van der Waals surface area contributed by atoms with Gasteiger partial charge in [-0.15, -0.1) is 0 Å². The van der Waals surface area contributed by atoms with Crippen molar-refractivity contribution in [3.63, 3.8) is 0 Å². The van der Waals surface area contributed by atoms with Crippen LogP contribution in [0.5, 0.6) is 0 Å². The fourth-order valence-electron chi connectivity index (χ4n) is 3.64. The third kappa shape index (κ3) is 4.34. The predicted molar refractivity (Wildman–Crippen MR) is 132 cm³/mol. The molecule has 0 saturated carbocycles. The van der Waals surface area contributed by atoms with Gasteiger partial charge in [0.25, 0.3) is 11.2 Å². The number of nitrogens with zero attached hydrogens (tertiary/aromatic N) is 3. The highest BCUT2D eigenvalue weighted by atomic mass is 35.5. The molecular formula is C26H15ClFN3O4. The zero-order valence-corrected chi connectivity index (χ0v) is 18.6. The maximum Gasteiger partial charge on any atom is 0.269 e. The average molecular weight is 488 g/mol. The lowest BCUT2D eigenvalue weighted by atomic mass is 10.1. The van der Waals surface area contributed by atoms with Crippen molar-refractivity contribution in [2.24, 2.45) is 0 Å². The number of furan rings is 1. The average Bonchev–Trinajstić information content (AvgIpc) is 3.34. The largest absolute Gasteiger partial charge is 0.457 e. The molecule has 0 aliphatic heterocycles. The third-order valence-corrected chi connectivity index (χ3v) is 5.64. The number of para-hydroxylation sites is 1. The van der Waals surface area contributed by atoms with E-state index in [-0.39, 0.29) is 16.3 Å². The smallest absolute Gasteiger partial charge is 0.269 e. The van der Waals surface area contributed by atoms with E-state index in [0.717, 1.165) is 0 Å². The van der Waals surface area contributed by atoms with Crippen LogP contribution >= 0.6 is 11.6 Å². The van der Waals surface area contributed by atoms with Crippen molar-refractivity contribution in [3.8, 4) is 17.0 Å². The summed E-state index contributed by atoms with van der Waals surface area (Å²) >= 11 is 5.97. The van der Waals surface area contributed by atoms with Crippen LogP contribution in [0.3, 0.4) is 0 Å². The zero-order chi connectivity index (χ0) is 24.5. The fourth-order valence-corrected chi connectivity index (χ4v) is 3.81. The first kappa shape index (κ1) is 22.2. The molecule has 0 N–H and O–H groups in total. The van der Waals surface area contributed by atoms with Gasteiger partial charge in [-0.2, -0.15) is 0 Å². The van der Waals surface area contributed by atoms with Crippen LogP contribution in [0.2, 0.25) is 5.02 Å². The molecule has 0 spiro atoms. The van der Waals surface area contributed by atoms with Gasteiger partial charge in [0.15, 0.2) is 0 Å². The van der Waals surface area contributed by atoms with E-state index in [0.29, 0.717) is 39.5 Å². The third-order valence-electron chi connectivity index (χ3n) is 5.35. The summed E-state index contributed by atoms with van der Waals surface area (Å²) in [7, 11) is 0. The van der Waals surface area contributed by atoms with Gasteiger partial charge in [-0.25, -0.2) is 9.37 Å². The van der Waals surface area contributed by atoms with Gasteiger partial charge in [-0.05, 0) is 66.7 Å². The molecule has 35 heavy (non-hydrogen) atoms. The van der Waals surface area contributed by atoms with Crippen molar-refractivity contribution in [1.29, 1.82) is 0 Å². The molecule has 5 aromatic rings. The molecule has 2 aromatic heterocycles. The Morgan fingerprint density at radius 1 is 1.00 bits per heavy atom. The van der Waals surface area contributed by atoms with Gasteiger partial charge in [-0.1, -0.05) is 23.7 Å². The molecule has 0 aliphatic carbocycles. The normalized spacial score (nSPS) is 11.4. The monoisotopic (exact) mass is 487 g/mol. The van der Waals surface area contributed by atoms with Crippen LogP contribution in [0.25, 0.3) is 40.1 Å². The lowest BCUT2D eigenvalue weighted by molar-refractivity contribution is -0.384. The molecule has 0 aliphatic rings. The molecule has 0 saturated heterocycles. The van der Waals surface area contributed by atoms with Crippen molar-refractivity contribution in [1.82, 2.24) is 9.55 Å². The van der Waals surface area contributed by atoms with E-state index in [1.54, 1.807) is 60.7 Å².